The molecule has 0 bridgehead atoms. The van der Waals surface area contributed by atoms with Crippen molar-refractivity contribution in [2.24, 2.45) is 0 Å². The third-order valence-corrected chi connectivity index (χ3v) is 1.84. The molecule has 0 heterocycles. The topological polar surface area (TPSA) is 52.6 Å². The van der Waals surface area contributed by atoms with Gasteiger partial charge in [-0.2, -0.15) is 8.42 Å². The molecule has 70 valence electrons. The molecule has 0 spiro atoms. The van der Waals surface area contributed by atoms with Gasteiger partial charge >= 0.3 is 10.1 Å². The first kappa shape index (κ1) is 9.76. The van der Waals surface area contributed by atoms with E-state index in [9.17, 15) is 8.42 Å². The van der Waals surface area contributed by atoms with Gasteiger partial charge in [-0.1, -0.05) is 29.1 Å². The molecule has 1 rings (SSSR count). The second kappa shape index (κ2) is 4.06. The Bertz CT molecular complexity index is 368. The summed E-state index contributed by atoms with van der Waals surface area (Å²) in [5, 5.41) is 0.663. The van der Waals surface area contributed by atoms with Gasteiger partial charge in [0.05, 0.1) is 5.41 Å². The monoisotopic (exact) mass is 200 g/mol. The Hall–Kier alpha value is -1.33. The molecule has 0 saturated carbocycles. The van der Waals surface area contributed by atoms with Crippen LogP contribution in [0.1, 0.15) is 0 Å². The summed E-state index contributed by atoms with van der Waals surface area (Å²) in [7, 11) is -3.78. The Morgan fingerprint density at radius 2 is 1.85 bits per heavy atom. The first-order valence-corrected chi connectivity index (χ1v) is 4.90. The van der Waals surface area contributed by atoms with Gasteiger partial charge in [-0.3, -0.25) is 0 Å². The lowest BCUT2D eigenvalue weighted by atomic mass is 10.3. The fraction of sp³-hybridized carbons (Fsp3) is 0. The van der Waals surface area contributed by atoms with Gasteiger partial charge in [0.15, 0.2) is 5.75 Å². The minimum Gasteiger partial charge on any atom is -0.321 e. The van der Waals surface area contributed by atoms with E-state index >= 15 is 0 Å². The zero-order chi connectivity index (χ0) is 9.73. The molecule has 0 fully saturated rings. The fourth-order valence-corrected chi connectivity index (χ4v) is 0.819. The molecule has 0 atom stereocenters. The van der Waals surface area contributed by atoms with Crippen molar-refractivity contribution < 1.29 is 17.6 Å². The first-order valence-electron chi connectivity index (χ1n) is 3.43. The maximum Gasteiger partial charge on any atom is 0.324 e. The Balaban J connectivity index is 2.59. The molecular formula is C8H8O4S. The SMILES string of the molecule is C=CS(=O)(=O)OOc1ccccc1. The molecule has 0 saturated heterocycles. The molecule has 0 N–H and O–H groups in total. The zero-order valence-corrected chi connectivity index (χ0v) is 7.53. The van der Waals surface area contributed by atoms with Crippen molar-refractivity contribution in [3.05, 3.63) is 42.3 Å². The first-order chi connectivity index (χ1) is 6.14. The van der Waals surface area contributed by atoms with Crippen LogP contribution in [-0.4, -0.2) is 8.42 Å². The van der Waals surface area contributed by atoms with Crippen LogP contribution in [0.3, 0.4) is 0 Å². The number of rotatable bonds is 4. The quantitative estimate of drug-likeness (QED) is 0.545. The van der Waals surface area contributed by atoms with Crippen LogP contribution in [0.15, 0.2) is 42.3 Å². The summed E-state index contributed by atoms with van der Waals surface area (Å²) in [6.45, 7) is 3.05. The van der Waals surface area contributed by atoms with Crippen molar-refractivity contribution in [2.45, 2.75) is 0 Å². The summed E-state index contributed by atoms with van der Waals surface area (Å²) in [6.07, 6.45) is 0. The fourth-order valence-electron chi connectivity index (χ4n) is 0.591. The van der Waals surface area contributed by atoms with Gasteiger partial charge in [-0.05, 0) is 12.1 Å². The van der Waals surface area contributed by atoms with E-state index in [1.54, 1.807) is 30.3 Å². The van der Waals surface area contributed by atoms with Crippen LogP contribution in [0.4, 0.5) is 0 Å². The molecule has 13 heavy (non-hydrogen) atoms. The number of benzene rings is 1. The van der Waals surface area contributed by atoms with Crippen LogP contribution >= 0.6 is 0 Å². The molecule has 4 nitrogen and oxygen atoms in total. The van der Waals surface area contributed by atoms with Gasteiger partial charge in [0.1, 0.15) is 0 Å². The highest BCUT2D eigenvalue weighted by Crippen LogP contribution is 2.10. The zero-order valence-electron chi connectivity index (χ0n) is 6.71. The number of para-hydroxylation sites is 1. The van der Waals surface area contributed by atoms with E-state index in [-0.39, 0.29) is 0 Å². The largest absolute Gasteiger partial charge is 0.324 e. The summed E-state index contributed by atoms with van der Waals surface area (Å²) in [5.41, 5.74) is 0. The second-order valence-corrected chi connectivity index (χ2v) is 3.58. The molecule has 0 unspecified atom stereocenters. The molecule has 0 radical (unpaired) electrons. The highest BCUT2D eigenvalue weighted by molar-refractivity contribution is 7.89. The van der Waals surface area contributed by atoms with E-state index in [2.05, 4.69) is 15.8 Å². The van der Waals surface area contributed by atoms with E-state index < -0.39 is 10.1 Å². The molecule has 5 heteroatoms. The summed E-state index contributed by atoms with van der Waals surface area (Å²) >= 11 is 0. The number of hydrogen-bond donors (Lipinski definition) is 0. The van der Waals surface area contributed by atoms with Crippen molar-refractivity contribution in [3.63, 3.8) is 0 Å². The Morgan fingerprint density at radius 3 is 2.38 bits per heavy atom. The standard InChI is InChI=1S/C8H8O4S/c1-2-13(9,10)12-11-8-6-4-3-5-7-8/h2-7H,1H2. The predicted octanol–water partition coefficient (Wildman–Crippen LogP) is 1.47. The van der Waals surface area contributed by atoms with E-state index in [1.807, 2.05) is 0 Å². The van der Waals surface area contributed by atoms with Crippen LogP contribution in [0, 0.1) is 0 Å². The van der Waals surface area contributed by atoms with Gasteiger partial charge in [0.2, 0.25) is 0 Å². The molecule has 0 aliphatic heterocycles. The molecule has 0 aliphatic carbocycles. The molecule has 0 aliphatic rings. The summed E-state index contributed by atoms with van der Waals surface area (Å²) in [4.78, 5) is 4.50. The molecule has 1 aromatic rings. The van der Waals surface area contributed by atoms with Crippen LogP contribution < -0.4 is 4.89 Å². The molecule has 1 aromatic carbocycles. The predicted molar refractivity (Wildman–Crippen MR) is 47.3 cm³/mol. The van der Waals surface area contributed by atoms with Crippen LogP contribution in [0.25, 0.3) is 0 Å². The maximum atomic E-state index is 10.7. The lowest BCUT2D eigenvalue weighted by Crippen LogP contribution is -2.04. The Labute approximate surface area is 76.5 Å². The molecular weight excluding hydrogens is 192 g/mol. The summed E-state index contributed by atoms with van der Waals surface area (Å²) in [6, 6.07) is 8.30. The smallest absolute Gasteiger partial charge is 0.321 e. The minimum absolute atomic E-state index is 0.313. The van der Waals surface area contributed by atoms with Crippen LogP contribution in [-0.2, 0) is 14.5 Å². The van der Waals surface area contributed by atoms with Gasteiger partial charge in [0, 0.05) is 0 Å². The highest BCUT2D eigenvalue weighted by atomic mass is 32.2. The normalized spacial score (nSPS) is 10.8. The van der Waals surface area contributed by atoms with Gasteiger partial charge < -0.3 is 4.89 Å². The van der Waals surface area contributed by atoms with Crippen LogP contribution in [0.5, 0.6) is 5.75 Å². The van der Waals surface area contributed by atoms with Crippen molar-refractivity contribution in [2.75, 3.05) is 0 Å². The van der Waals surface area contributed by atoms with Crippen LogP contribution in [0.2, 0.25) is 0 Å². The van der Waals surface area contributed by atoms with Crippen molar-refractivity contribution >= 4 is 10.1 Å². The molecule has 0 aromatic heterocycles. The third kappa shape index (κ3) is 3.27. The Kier molecular flexibility index (Phi) is 3.05. The van der Waals surface area contributed by atoms with Gasteiger partial charge in [0.25, 0.3) is 0 Å². The van der Waals surface area contributed by atoms with Gasteiger partial charge in [-0.15, -0.1) is 0 Å². The van der Waals surface area contributed by atoms with E-state index in [0.717, 1.165) is 0 Å². The van der Waals surface area contributed by atoms with E-state index in [0.29, 0.717) is 11.2 Å². The lowest BCUT2D eigenvalue weighted by molar-refractivity contribution is -0.0908. The van der Waals surface area contributed by atoms with Crippen molar-refractivity contribution in [3.8, 4) is 5.75 Å². The Morgan fingerprint density at radius 1 is 1.23 bits per heavy atom. The summed E-state index contributed by atoms with van der Waals surface area (Å²) in [5.74, 6) is 0.313. The average Bonchev–Trinajstić information content (AvgIpc) is 2.17. The van der Waals surface area contributed by atoms with Crippen molar-refractivity contribution in [1.29, 1.82) is 0 Å². The maximum absolute atomic E-state index is 10.7. The summed E-state index contributed by atoms with van der Waals surface area (Å²) < 4.78 is 25.5. The van der Waals surface area contributed by atoms with Crippen molar-refractivity contribution in [1.82, 2.24) is 0 Å². The lowest BCUT2D eigenvalue weighted by Gasteiger charge is -2.00. The average molecular weight is 200 g/mol. The number of hydrogen-bond acceptors (Lipinski definition) is 4. The highest BCUT2D eigenvalue weighted by Gasteiger charge is 2.06. The van der Waals surface area contributed by atoms with E-state index in [4.69, 9.17) is 0 Å². The third-order valence-electron chi connectivity index (χ3n) is 1.17. The van der Waals surface area contributed by atoms with Gasteiger partial charge in [-0.25, -0.2) is 0 Å². The molecule has 0 amide bonds. The second-order valence-electron chi connectivity index (χ2n) is 2.12. The van der Waals surface area contributed by atoms with E-state index in [1.165, 1.54) is 0 Å². The minimum atomic E-state index is -3.78.